The highest BCUT2D eigenvalue weighted by atomic mass is 16.5. The number of amides is 1. The number of nitrogen functional groups attached to an aromatic ring is 1. The Morgan fingerprint density at radius 2 is 1.83 bits per heavy atom. The number of anilines is 2. The van der Waals surface area contributed by atoms with Gasteiger partial charge in [-0.1, -0.05) is 18.2 Å². The van der Waals surface area contributed by atoms with Gasteiger partial charge in [-0.15, -0.1) is 0 Å². The Morgan fingerprint density at radius 1 is 1.03 bits per heavy atom. The van der Waals surface area contributed by atoms with E-state index in [-0.39, 0.29) is 18.3 Å². The monoisotopic (exact) mass is 462 g/mol. The maximum Gasteiger partial charge on any atom is 0.246 e. The number of nitrogens with two attached hydrogens (primary N) is 1. The van der Waals surface area contributed by atoms with E-state index < -0.39 is 0 Å². The molecule has 10 heteroatoms. The molecule has 0 unspecified atom stereocenters. The van der Waals surface area contributed by atoms with Crippen molar-refractivity contribution in [3.8, 4) is 29.0 Å². The molecule has 0 bridgehead atoms. The van der Waals surface area contributed by atoms with E-state index in [1.165, 1.54) is 11.0 Å². The molecule has 3 heterocycles. The second-order valence-corrected chi connectivity index (χ2v) is 7.50. The standard InChI is InChI=1S/C25H18N8O2/c26-12-16-6-9-18(10-7-16)31-20(34)14-33-25-22(24(27)29-15-30-25)23(32-33)17-8-11-21(28-13-17)35-19-4-2-1-3-5-19/h1-11,13,15H,14H2,(H,31,34)(H2,27,29,30). The number of nitriles is 1. The summed E-state index contributed by atoms with van der Waals surface area (Å²) in [5.41, 5.74) is 8.81. The summed E-state index contributed by atoms with van der Waals surface area (Å²) in [7, 11) is 0. The fourth-order valence-corrected chi connectivity index (χ4v) is 3.50. The maximum atomic E-state index is 12.7. The third kappa shape index (κ3) is 4.60. The maximum absolute atomic E-state index is 12.7. The Balaban J connectivity index is 1.41. The summed E-state index contributed by atoms with van der Waals surface area (Å²) in [5, 5.41) is 16.8. The molecule has 0 fully saturated rings. The van der Waals surface area contributed by atoms with Crippen molar-refractivity contribution < 1.29 is 9.53 Å². The van der Waals surface area contributed by atoms with Crippen molar-refractivity contribution in [2.45, 2.75) is 6.54 Å². The first-order valence-electron chi connectivity index (χ1n) is 10.6. The van der Waals surface area contributed by atoms with E-state index in [0.717, 1.165) is 0 Å². The zero-order chi connectivity index (χ0) is 24.2. The van der Waals surface area contributed by atoms with E-state index in [1.54, 1.807) is 42.6 Å². The van der Waals surface area contributed by atoms with Crippen molar-refractivity contribution in [3.05, 3.63) is 84.8 Å². The van der Waals surface area contributed by atoms with Gasteiger partial charge in [0.2, 0.25) is 11.8 Å². The van der Waals surface area contributed by atoms with Crippen LogP contribution in [0.4, 0.5) is 11.5 Å². The lowest BCUT2D eigenvalue weighted by atomic mass is 10.1. The van der Waals surface area contributed by atoms with Gasteiger partial charge in [-0.3, -0.25) is 4.79 Å². The minimum Gasteiger partial charge on any atom is -0.439 e. The normalized spacial score (nSPS) is 10.6. The number of para-hydroxylation sites is 1. The molecular formula is C25H18N8O2. The number of ether oxygens (including phenoxy) is 1. The second kappa shape index (κ2) is 9.29. The van der Waals surface area contributed by atoms with Crippen LogP contribution in [0.15, 0.2) is 79.3 Å². The van der Waals surface area contributed by atoms with Gasteiger partial charge >= 0.3 is 0 Å². The van der Waals surface area contributed by atoms with E-state index >= 15 is 0 Å². The van der Waals surface area contributed by atoms with Crippen LogP contribution >= 0.6 is 0 Å². The molecule has 0 saturated carbocycles. The molecule has 170 valence electrons. The van der Waals surface area contributed by atoms with Crippen LogP contribution in [0.3, 0.4) is 0 Å². The smallest absolute Gasteiger partial charge is 0.246 e. The van der Waals surface area contributed by atoms with Crippen LogP contribution in [-0.4, -0.2) is 30.6 Å². The molecule has 3 N–H and O–H groups in total. The molecule has 5 rings (SSSR count). The Kier molecular flexibility index (Phi) is 5.71. The lowest BCUT2D eigenvalue weighted by Gasteiger charge is -2.06. The summed E-state index contributed by atoms with van der Waals surface area (Å²) >= 11 is 0. The molecule has 1 amide bonds. The molecule has 10 nitrogen and oxygen atoms in total. The highest BCUT2D eigenvalue weighted by Gasteiger charge is 2.19. The third-order valence-corrected chi connectivity index (χ3v) is 5.13. The lowest BCUT2D eigenvalue weighted by molar-refractivity contribution is -0.116. The molecule has 0 aliphatic carbocycles. The number of pyridine rings is 1. The average molecular weight is 462 g/mol. The van der Waals surface area contributed by atoms with Crippen LogP contribution in [-0.2, 0) is 11.3 Å². The average Bonchev–Trinajstić information content (AvgIpc) is 3.25. The van der Waals surface area contributed by atoms with Crippen LogP contribution in [0.2, 0.25) is 0 Å². The molecule has 35 heavy (non-hydrogen) atoms. The predicted octanol–water partition coefficient (Wildman–Crippen LogP) is 3.77. The van der Waals surface area contributed by atoms with Gasteiger partial charge < -0.3 is 15.8 Å². The van der Waals surface area contributed by atoms with Crippen LogP contribution in [0.25, 0.3) is 22.3 Å². The highest BCUT2D eigenvalue weighted by molar-refractivity contribution is 5.99. The number of rotatable bonds is 6. The van der Waals surface area contributed by atoms with Crippen LogP contribution < -0.4 is 15.8 Å². The number of hydrogen-bond acceptors (Lipinski definition) is 8. The van der Waals surface area contributed by atoms with Crippen molar-refractivity contribution >= 4 is 28.4 Å². The van der Waals surface area contributed by atoms with Crippen LogP contribution in [0, 0.1) is 11.3 Å². The van der Waals surface area contributed by atoms with Crippen molar-refractivity contribution in [1.29, 1.82) is 5.26 Å². The summed E-state index contributed by atoms with van der Waals surface area (Å²) in [6.07, 6.45) is 2.95. The number of carbonyl (C=O) groups is 1. The van der Waals surface area contributed by atoms with E-state index in [9.17, 15) is 4.79 Å². The zero-order valence-corrected chi connectivity index (χ0v) is 18.3. The number of aromatic nitrogens is 5. The second-order valence-electron chi connectivity index (χ2n) is 7.50. The van der Waals surface area contributed by atoms with Crippen molar-refractivity contribution in [2.24, 2.45) is 0 Å². The highest BCUT2D eigenvalue weighted by Crippen LogP contribution is 2.31. The Labute approximate surface area is 199 Å². The summed E-state index contributed by atoms with van der Waals surface area (Å²) in [6, 6.07) is 21.5. The fourth-order valence-electron chi connectivity index (χ4n) is 3.50. The minimum absolute atomic E-state index is 0.102. The molecule has 0 radical (unpaired) electrons. The van der Waals surface area contributed by atoms with Gasteiger partial charge in [0.15, 0.2) is 5.65 Å². The summed E-state index contributed by atoms with van der Waals surface area (Å²) in [4.78, 5) is 25.4. The topological polar surface area (TPSA) is 145 Å². The number of nitrogens with zero attached hydrogens (tertiary/aromatic N) is 6. The van der Waals surface area contributed by atoms with Gasteiger partial charge in [0.05, 0.1) is 17.0 Å². The molecule has 0 saturated heterocycles. The summed E-state index contributed by atoms with van der Waals surface area (Å²) in [5.74, 6) is 1.03. The number of fused-ring (bicyclic) bond motifs is 1. The molecule has 5 aromatic rings. The molecule has 0 atom stereocenters. The first kappa shape index (κ1) is 21.5. The molecular weight excluding hydrogens is 444 g/mol. The summed E-state index contributed by atoms with van der Waals surface area (Å²) in [6.45, 7) is -0.102. The number of benzene rings is 2. The quantitative estimate of drug-likeness (QED) is 0.388. The summed E-state index contributed by atoms with van der Waals surface area (Å²) < 4.78 is 7.22. The Hall–Kier alpha value is -5.30. The van der Waals surface area contributed by atoms with Gasteiger partial charge in [-0.2, -0.15) is 10.4 Å². The Bertz CT molecular complexity index is 1540. The van der Waals surface area contributed by atoms with E-state index in [4.69, 9.17) is 15.7 Å². The van der Waals surface area contributed by atoms with Gasteiger partial charge in [0.1, 0.15) is 30.1 Å². The minimum atomic E-state index is -0.312. The Morgan fingerprint density at radius 3 is 2.54 bits per heavy atom. The van der Waals surface area contributed by atoms with E-state index in [2.05, 4.69) is 25.4 Å². The zero-order valence-electron chi connectivity index (χ0n) is 18.3. The number of nitrogens with one attached hydrogen (secondary N) is 1. The first-order chi connectivity index (χ1) is 17.1. The van der Waals surface area contributed by atoms with E-state index in [0.29, 0.717) is 45.2 Å². The van der Waals surface area contributed by atoms with Crippen LogP contribution in [0.5, 0.6) is 11.6 Å². The van der Waals surface area contributed by atoms with Crippen molar-refractivity contribution in [3.63, 3.8) is 0 Å². The predicted molar refractivity (Wildman–Crippen MR) is 129 cm³/mol. The van der Waals surface area contributed by atoms with Gasteiger partial charge in [-0.05, 0) is 42.5 Å². The first-order valence-corrected chi connectivity index (χ1v) is 10.6. The molecule has 2 aromatic carbocycles. The largest absolute Gasteiger partial charge is 0.439 e. The van der Waals surface area contributed by atoms with E-state index in [1.807, 2.05) is 36.4 Å². The fraction of sp³-hybridized carbons (Fsp3) is 0.0400. The van der Waals surface area contributed by atoms with Crippen molar-refractivity contribution in [2.75, 3.05) is 11.1 Å². The van der Waals surface area contributed by atoms with Gasteiger partial charge in [0, 0.05) is 23.5 Å². The van der Waals surface area contributed by atoms with Gasteiger partial charge in [0.25, 0.3) is 0 Å². The molecule has 3 aromatic heterocycles. The van der Waals surface area contributed by atoms with Crippen molar-refractivity contribution in [1.82, 2.24) is 24.7 Å². The third-order valence-electron chi connectivity index (χ3n) is 5.13. The SMILES string of the molecule is N#Cc1ccc(NC(=O)Cn2nc(-c3ccc(Oc4ccccc4)nc3)c3c(N)ncnc32)cc1. The molecule has 0 spiro atoms. The van der Waals surface area contributed by atoms with Crippen LogP contribution in [0.1, 0.15) is 5.56 Å². The number of hydrogen-bond donors (Lipinski definition) is 2. The van der Waals surface area contributed by atoms with Gasteiger partial charge in [-0.25, -0.2) is 19.6 Å². The molecule has 0 aliphatic rings. The lowest BCUT2D eigenvalue weighted by Crippen LogP contribution is -2.19. The molecule has 0 aliphatic heterocycles. The number of carbonyl (C=O) groups excluding carboxylic acids is 1.